The number of ether oxygens (including phenoxy) is 2. The van der Waals surface area contributed by atoms with E-state index in [4.69, 9.17) is 14.6 Å². The number of hydrogen-bond donors (Lipinski definition) is 3. The quantitative estimate of drug-likeness (QED) is 0.570. The Morgan fingerprint density at radius 3 is 2.44 bits per heavy atom. The van der Waals surface area contributed by atoms with E-state index >= 15 is 0 Å². The molecule has 2 aromatic carbocycles. The Morgan fingerprint density at radius 1 is 1.03 bits per heavy atom. The fourth-order valence-electron chi connectivity index (χ4n) is 4.28. The highest BCUT2D eigenvalue weighted by Gasteiger charge is 2.40. The van der Waals surface area contributed by atoms with Crippen LogP contribution in [0.2, 0.25) is 0 Å². The third-order valence-corrected chi connectivity index (χ3v) is 6.03. The molecule has 0 aliphatic heterocycles. The molecule has 8 heteroatoms. The summed E-state index contributed by atoms with van der Waals surface area (Å²) in [6.45, 7) is 5.65. The van der Waals surface area contributed by atoms with Crippen LogP contribution >= 0.6 is 0 Å². The van der Waals surface area contributed by atoms with Crippen LogP contribution in [0.3, 0.4) is 0 Å². The fourth-order valence-corrected chi connectivity index (χ4v) is 4.28. The standard InChI is InChI=1S/C26H30N2O6/c1-26(2,3)34-25(32)28-22-13-20(22)16-6-4-15(5-7-16)14-33-24(31)27-21-11-9-17-12-18(23(29)30)8-10-19(17)21/h4-8,10,12,20-22H,9,11,13-14H2,1-3H3,(H,27,31)(H,28,32)(H,29,30)/t20-,21-,22+/m0/s1. The summed E-state index contributed by atoms with van der Waals surface area (Å²) in [4.78, 5) is 35.4. The van der Waals surface area contributed by atoms with Gasteiger partial charge in [-0.1, -0.05) is 30.3 Å². The molecule has 1 fully saturated rings. The molecule has 8 nitrogen and oxygen atoms in total. The zero-order valence-electron chi connectivity index (χ0n) is 19.6. The summed E-state index contributed by atoms with van der Waals surface area (Å²) in [6, 6.07) is 12.7. The lowest BCUT2D eigenvalue weighted by molar-refractivity contribution is 0.0522. The number of carboxylic acids is 1. The number of aromatic carboxylic acids is 1. The fraction of sp³-hybridized carbons (Fsp3) is 0.423. The van der Waals surface area contributed by atoms with Crippen LogP contribution in [0.4, 0.5) is 9.59 Å². The first-order valence-corrected chi connectivity index (χ1v) is 11.5. The number of carbonyl (C=O) groups is 3. The third kappa shape index (κ3) is 5.87. The molecule has 34 heavy (non-hydrogen) atoms. The largest absolute Gasteiger partial charge is 0.478 e. The van der Waals surface area contributed by atoms with Crippen LogP contribution in [0.1, 0.15) is 78.2 Å². The number of alkyl carbamates (subject to hydrolysis) is 2. The Balaban J connectivity index is 1.23. The van der Waals surface area contributed by atoms with Gasteiger partial charge in [0, 0.05) is 12.0 Å². The van der Waals surface area contributed by atoms with Gasteiger partial charge in [0.15, 0.2) is 0 Å². The zero-order chi connectivity index (χ0) is 24.5. The highest BCUT2D eigenvalue weighted by molar-refractivity contribution is 5.88. The van der Waals surface area contributed by atoms with Crippen molar-refractivity contribution in [2.24, 2.45) is 0 Å². The summed E-state index contributed by atoms with van der Waals surface area (Å²) in [5.41, 5.74) is 3.61. The molecule has 0 aromatic heterocycles. The van der Waals surface area contributed by atoms with E-state index in [-0.39, 0.29) is 30.2 Å². The van der Waals surface area contributed by atoms with Crippen LogP contribution in [0.25, 0.3) is 0 Å². The summed E-state index contributed by atoms with van der Waals surface area (Å²) >= 11 is 0. The van der Waals surface area contributed by atoms with Gasteiger partial charge in [-0.15, -0.1) is 0 Å². The van der Waals surface area contributed by atoms with Crippen molar-refractivity contribution in [3.05, 3.63) is 70.3 Å². The molecule has 0 bridgehead atoms. The molecule has 2 aliphatic rings. The second-order valence-corrected chi connectivity index (χ2v) is 9.87. The lowest BCUT2D eigenvalue weighted by Crippen LogP contribution is -2.34. The predicted octanol–water partition coefficient (Wildman–Crippen LogP) is 4.68. The van der Waals surface area contributed by atoms with Crippen molar-refractivity contribution in [1.29, 1.82) is 0 Å². The van der Waals surface area contributed by atoms with Crippen molar-refractivity contribution < 1.29 is 29.0 Å². The van der Waals surface area contributed by atoms with Crippen LogP contribution in [0, 0.1) is 0 Å². The van der Waals surface area contributed by atoms with Crippen molar-refractivity contribution in [2.75, 3.05) is 0 Å². The normalized spacial score (nSPS) is 20.7. The molecule has 3 atom stereocenters. The second-order valence-electron chi connectivity index (χ2n) is 9.87. The van der Waals surface area contributed by atoms with Gasteiger partial charge in [0.2, 0.25) is 0 Å². The highest BCUT2D eigenvalue weighted by atomic mass is 16.6. The van der Waals surface area contributed by atoms with Crippen molar-refractivity contribution >= 4 is 18.2 Å². The van der Waals surface area contributed by atoms with Gasteiger partial charge >= 0.3 is 18.2 Å². The van der Waals surface area contributed by atoms with E-state index in [1.54, 1.807) is 18.2 Å². The van der Waals surface area contributed by atoms with Crippen molar-refractivity contribution in [3.8, 4) is 0 Å². The van der Waals surface area contributed by atoms with Crippen molar-refractivity contribution in [1.82, 2.24) is 10.6 Å². The van der Waals surface area contributed by atoms with E-state index in [9.17, 15) is 14.4 Å². The number of carboxylic acid groups (broad SMARTS) is 1. The molecule has 0 heterocycles. The maximum atomic E-state index is 12.3. The highest BCUT2D eigenvalue weighted by Crippen LogP contribution is 2.41. The topological polar surface area (TPSA) is 114 Å². The minimum atomic E-state index is -0.957. The van der Waals surface area contributed by atoms with Crippen LogP contribution in [0.5, 0.6) is 0 Å². The van der Waals surface area contributed by atoms with Gasteiger partial charge < -0.3 is 25.2 Å². The van der Waals surface area contributed by atoms with Gasteiger partial charge in [-0.2, -0.15) is 0 Å². The first-order valence-electron chi connectivity index (χ1n) is 11.5. The van der Waals surface area contributed by atoms with E-state index in [2.05, 4.69) is 10.6 Å². The van der Waals surface area contributed by atoms with E-state index < -0.39 is 23.8 Å². The summed E-state index contributed by atoms with van der Waals surface area (Å²) in [5, 5.41) is 14.9. The minimum Gasteiger partial charge on any atom is -0.478 e. The molecule has 2 amide bonds. The van der Waals surface area contributed by atoms with Gasteiger partial charge in [-0.3, -0.25) is 0 Å². The van der Waals surface area contributed by atoms with E-state index in [1.165, 1.54) is 0 Å². The van der Waals surface area contributed by atoms with Crippen LogP contribution in [-0.2, 0) is 22.5 Å². The molecule has 4 rings (SSSR count). The summed E-state index contributed by atoms with van der Waals surface area (Å²) < 4.78 is 10.7. The summed E-state index contributed by atoms with van der Waals surface area (Å²) in [6.07, 6.45) is 1.39. The summed E-state index contributed by atoms with van der Waals surface area (Å²) in [5.74, 6) is -0.698. The Kier molecular flexibility index (Phi) is 6.50. The van der Waals surface area contributed by atoms with Gasteiger partial charge in [-0.25, -0.2) is 14.4 Å². The van der Waals surface area contributed by atoms with Crippen LogP contribution < -0.4 is 10.6 Å². The predicted molar refractivity (Wildman–Crippen MR) is 125 cm³/mol. The molecule has 0 saturated heterocycles. The van der Waals surface area contributed by atoms with E-state index in [0.717, 1.165) is 28.7 Å². The van der Waals surface area contributed by atoms with E-state index in [1.807, 2.05) is 45.0 Å². The number of aryl methyl sites for hydroxylation is 1. The number of rotatable bonds is 6. The molecule has 0 radical (unpaired) electrons. The number of amides is 2. The molecular formula is C26H30N2O6. The van der Waals surface area contributed by atoms with E-state index in [0.29, 0.717) is 12.8 Å². The number of carbonyl (C=O) groups excluding carboxylic acids is 2. The number of hydrogen-bond acceptors (Lipinski definition) is 5. The molecule has 3 N–H and O–H groups in total. The summed E-state index contributed by atoms with van der Waals surface area (Å²) in [7, 11) is 0. The third-order valence-electron chi connectivity index (χ3n) is 6.03. The molecule has 0 spiro atoms. The molecule has 1 saturated carbocycles. The van der Waals surface area contributed by atoms with Gasteiger partial charge in [0.05, 0.1) is 11.6 Å². The van der Waals surface area contributed by atoms with Gasteiger partial charge in [0.25, 0.3) is 0 Å². The Hall–Kier alpha value is -3.55. The molecular weight excluding hydrogens is 436 g/mol. The number of fused-ring (bicyclic) bond motifs is 1. The number of nitrogens with one attached hydrogen (secondary N) is 2. The van der Waals surface area contributed by atoms with Crippen LogP contribution in [0.15, 0.2) is 42.5 Å². The lowest BCUT2D eigenvalue weighted by Gasteiger charge is -2.19. The monoisotopic (exact) mass is 466 g/mol. The first kappa shape index (κ1) is 23.6. The number of benzene rings is 2. The Bertz CT molecular complexity index is 1090. The molecule has 180 valence electrons. The minimum absolute atomic E-state index is 0.0728. The maximum Gasteiger partial charge on any atom is 0.407 e. The molecule has 2 aliphatic carbocycles. The maximum absolute atomic E-state index is 12.3. The Labute approximate surface area is 198 Å². The second kappa shape index (κ2) is 9.37. The zero-order valence-corrected chi connectivity index (χ0v) is 19.6. The van der Waals surface area contributed by atoms with Crippen LogP contribution in [-0.4, -0.2) is 34.9 Å². The SMILES string of the molecule is CC(C)(C)OC(=O)N[C@@H]1C[C@H]1c1ccc(COC(=O)N[C@H]2CCc3cc(C(=O)O)ccc32)cc1. The molecule has 0 unspecified atom stereocenters. The Morgan fingerprint density at radius 2 is 1.76 bits per heavy atom. The van der Waals surface area contributed by atoms with Gasteiger partial charge in [0.1, 0.15) is 12.2 Å². The first-order chi connectivity index (χ1) is 16.1. The smallest absolute Gasteiger partial charge is 0.407 e. The molecule has 2 aromatic rings. The lowest BCUT2D eigenvalue weighted by atomic mass is 10.0. The van der Waals surface area contributed by atoms with Crippen molar-refractivity contribution in [2.45, 2.75) is 70.2 Å². The van der Waals surface area contributed by atoms with Gasteiger partial charge in [-0.05, 0) is 74.4 Å². The average molecular weight is 467 g/mol. The van der Waals surface area contributed by atoms with Crippen molar-refractivity contribution in [3.63, 3.8) is 0 Å². The average Bonchev–Trinajstić information content (AvgIpc) is 3.41.